The van der Waals surface area contributed by atoms with Crippen molar-refractivity contribution in [2.45, 2.75) is 226 Å². The Labute approximate surface area is 482 Å². The van der Waals surface area contributed by atoms with Gasteiger partial charge in [-0.05, 0) is 227 Å². The summed E-state index contributed by atoms with van der Waals surface area (Å²) in [5.41, 5.74) is 21.2. The van der Waals surface area contributed by atoms with Crippen molar-refractivity contribution in [3.05, 3.63) is 176 Å². The van der Waals surface area contributed by atoms with Crippen molar-refractivity contribution >= 4 is 20.6 Å². The van der Waals surface area contributed by atoms with Gasteiger partial charge in [-0.1, -0.05) is 140 Å². The van der Waals surface area contributed by atoms with E-state index in [1.807, 2.05) is 24.8 Å². The molecule has 428 valence electrons. The zero-order valence-corrected chi connectivity index (χ0v) is 52.0. The fourth-order valence-corrected chi connectivity index (χ4v) is 14.9. The molecule has 2 fully saturated rings. The molecule has 2 aliphatic carbocycles. The van der Waals surface area contributed by atoms with Crippen LogP contribution in [-0.2, 0) is 60.1 Å². The predicted octanol–water partition coefficient (Wildman–Crippen LogP) is 17.2. The van der Waals surface area contributed by atoms with Crippen LogP contribution in [-0.4, -0.2) is 46.9 Å². The number of hydrogen-bond acceptors (Lipinski definition) is 8. The molecule has 0 atom stereocenters. The summed E-state index contributed by atoms with van der Waals surface area (Å²) < 4.78 is 6.82. The van der Waals surface area contributed by atoms with Crippen LogP contribution >= 0.6 is 0 Å². The summed E-state index contributed by atoms with van der Waals surface area (Å²) in [6, 6.07) is 33.1. The number of nitrogens with zero attached hydrogens (tertiary/aromatic N) is 2. The standard InChI is InChI=1S/C36H51NOSi.C33H43NO.2CO2/c1-9-29-24-31(26-37-25-29)34-17-16-33(23-28(34)5)36(10-2,11-3)32-15-14-30(27(4)22-32)18-21-35(19-12-13-20-35)38-39(6,7)8;1-6-26-21-28(23-34-22-26)31-14-13-30(20-25(31)5)33(7-2,8-3)29-12-11-27(24(4)19-29)15-18-32(35)16-9-10-17-32;2*2-1-3/h14-17,22-26H,9-13,18-21H2,1-8H3;11-14,19-23,35H,6-10,15-18H2,1-5H3;;. The van der Waals surface area contributed by atoms with E-state index in [1.54, 1.807) is 0 Å². The van der Waals surface area contributed by atoms with Crippen molar-refractivity contribution in [1.82, 2.24) is 9.97 Å². The van der Waals surface area contributed by atoms with Gasteiger partial charge >= 0.3 is 12.3 Å². The van der Waals surface area contributed by atoms with Gasteiger partial charge in [0.2, 0.25) is 0 Å². The van der Waals surface area contributed by atoms with E-state index in [1.165, 1.54) is 128 Å². The van der Waals surface area contributed by atoms with Crippen LogP contribution < -0.4 is 0 Å². The van der Waals surface area contributed by atoms with E-state index < -0.39 is 13.9 Å². The summed E-state index contributed by atoms with van der Waals surface area (Å²) in [6.45, 7) is 29.8. The van der Waals surface area contributed by atoms with Crippen molar-refractivity contribution in [2.75, 3.05) is 0 Å². The Morgan fingerprint density at radius 2 is 0.850 bits per heavy atom. The Morgan fingerprint density at radius 1 is 0.500 bits per heavy atom. The Morgan fingerprint density at radius 3 is 1.19 bits per heavy atom. The Hall–Kier alpha value is -5.92. The molecule has 0 spiro atoms. The molecular formula is C71H94N2O6Si. The summed E-state index contributed by atoms with van der Waals surface area (Å²) in [5, 5.41) is 10.8. The quantitative estimate of drug-likeness (QED) is 0.0750. The van der Waals surface area contributed by atoms with Crippen LogP contribution in [0.2, 0.25) is 19.6 Å². The lowest BCUT2D eigenvalue weighted by molar-refractivity contribution is -0.193. The lowest BCUT2D eigenvalue weighted by Crippen LogP contribution is -2.41. The van der Waals surface area contributed by atoms with Crippen LogP contribution in [0.5, 0.6) is 0 Å². The largest absolute Gasteiger partial charge is 0.412 e. The fourth-order valence-electron chi connectivity index (χ4n) is 13.3. The number of aryl methyl sites for hydroxylation is 8. The summed E-state index contributed by atoms with van der Waals surface area (Å²) in [5.74, 6) is 0. The monoisotopic (exact) mass is 1100 g/mol. The molecule has 80 heavy (non-hydrogen) atoms. The van der Waals surface area contributed by atoms with Crippen molar-refractivity contribution in [3.63, 3.8) is 0 Å². The molecule has 0 saturated heterocycles. The van der Waals surface area contributed by atoms with Gasteiger partial charge < -0.3 is 9.53 Å². The van der Waals surface area contributed by atoms with Crippen molar-refractivity contribution in [1.29, 1.82) is 0 Å². The molecular weight excluding hydrogens is 1000 g/mol. The maximum Gasteiger partial charge on any atom is 0.373 e. The van der Waals surface area contributed by atoms with E-state index in [2.05, 4.69) is 184 Å². The van der Waals surface area contributed by atoms with Gasteiger partial charge in [0.15, 0.2) is 8.32 Å². The number of pyridine rings is 2. The minimum absolute atomic E-state index is 0.000247. The molecule has 2 saturated carbocycles. The molecule has 2 heterocycles. The first kappa shape index (κ1) is 64.9. The number of carbonyl (C=O) groups excluding carboxylic acids is 4. The van der Waals surface area contributed by atoms with Crippen LogP contribution in [0.25, 0.3) is 22.3 Å². The summed E-state index contributed by atoms with van der Waals surface area (Å²) in [4.78, 5) is 41.5. The maximum absolute atomic E-state index is 10.8. The first-order valence-corrected chi connectivity index (χ1v) is 33.3. The van der Waals surface area contributed by atoms with E-state index in [0.29, 0.717) is 0 Å². The molecule has 0 unspecified atom stereocenters. The normalized spacial score (nSPS) is 14.6. The van der Waals surface area contributed by atoms with Gasteiger partial charge in [-0.2, -0.15) is 19.2 Å². The van der Waals surface area contributed by atoms with Crippen molar-refractivity contribution < 1.29 is 28.7 Å². The SMILES string of the molecule is CCc1cncc(-c2ccc(C(CC)(CC)c3ccc(CCC4(O)CCCC4)c(C)c3)cc2C)c1.CCc1cncc(-c2ccc(C(CC)(CC)c3ccc(CCC4(O[Si](C)(C)C)CCCC4)c(C)c3)cc2C)c1.O=C=O.O=C=O. The van der Waals surface area contributed by atoms with Gasteiger partial charge in [0.25, 0.3) is 0 Å². The van der Waals surface area contributed by atoms with Gasteiger partial charge in [-0.25, -0.2) is 0 Å². The van der Waals surface area contributed by atoms with Crippen LogP contribution in [0.4, 0.5) is 0 Å². The maximum atomic E-state index is 10.8. The molecule has 1 N–H and O–H groups in total. The number of benzene rings is 4. The molecule has 8 rings (SSSR count). The molecule has 6 aromatic rings. The Bertz CT molecular complexity index is 3000. The molecule has 2 aromatic heterocycles. The first-order valence-electron chi connectivity index (χ1n) is 29.9. The number of hydrogen-bond donors (Lipinski definition) is 1. The topological polar surface area (TPSA) is 124 Å². The summed E-state index contributed by atoms with van der Waals surface area (Å²) in [7, 11) is -1.57. The molecule has 0 aliphatic heterocycles. The summed E-state index contributed by atoms with van der Waals surface area (Å²) in [6.07, 6.45) is 28.2. The zero-order valence-electron chi connectivity index (χ0n) is 51.0. The van der Waals surface area contributed by atoms with Gasteiger partial charge in [0.1, 0.15) is 0 Å². The Balaban J connectivity index is 0.000000269. The molecule has 8 nitrogen and oxygen atoms in total. The zero-order chi connectivity index (χ0) is 58.7. The van der Waals surface area contributed by atoms with Crippen molar-refractivity contribution in [2.24, 2.45) is 0 Å². The predicted molar refractivity (Wildman–Crippen MR) is 328 cm³/mol. The van der Waals surface area contributed by atoms with E-state index in [9.17, 15) is 5.11 Å². The van der Waals surface area contributed by atoms with E-state index in [0.717, 1.165) is 77.0 Å². The molecule has 0 bridgehead atoms. The van der Waals surface area contributed by atoms with E-state index >= 15 is 0 Å². The lowest BCUT2D eigenvalue weighted by Gasteiger charge is -2.37. The highest BCUT2D eigenvalue weighted by molar-refractivity contribution is 6.69. The average molecular weight is 1100 g/mol. The average Bonchev–Trinajstić information content (AvgIpc) is 4.10. The highest BCUT2D eigenvalue weighted by Gasteiger charge is 2.39. The van der Waals surface area contributed by atoms with E-state index in [-0.39, 0.29) is 28.7 Å². The third-order valence-electron chi connectivity index (χ3n) is 18.1. The highest BCUT2D eigenvalue weighted by atomic mass is 28.4. The molecule has 0 amide bonds. The van der Waals surface area contributed by atoms with Gasteiger partial charge in [-0.15, -0.1) is 0 Å². The van der Waals surface area contributed by atoms with Crippen LogP contribution in [0.1, 0.15) is 198 Å². The number of rotatable bonds is 20. The van der Waals surface area contributed by atoms with Crippen LogP contribution in [0.15, 0.2) is 110 Å². The second kappa shape index (κ2) is 29.7. The molecule has 0 radical (unpaired) electrons. The second-order valence-electron chi connectivity index (χ2n) is 24.0. The third kappa shape index (κ3) is 16.2. The third-order valence-corrected chi connectivity index (χ3v) is 19.1. The number of aliphatic hydroxyl groups is 1. The van der Waals surface area contributed by atoms with Gasteiger partial charge in [0.05, 0.1) is 11.2 Å². The Kier molecular flexibility index (Phi) is 24.1. The lowest BCUT2D eigenvalue weighted by atomic mass is 9.69. The summed E-state index contributed by atoms with van der Waals surface area (Å²) >= 11 is 0. The molecule has 2 aliphatic rings. The second-order valence-corrected chi connectivity index (χ2v) is 28.4. The van der Waals surface area contributed by atoms with Gasteiger partial charge in [0, 0.05) is 46.7 Å². The molecule has 4 aromatic carbocycles. The van der Waals surface area contributed by atoms with Crippen LogP contribution in [0, 0.1) is 27.7 Å². The number of aromatic nitrogens is 2. The smallest absolute Gasteiger partial charge is 0.373 e. The fraction of sp³-hybridized carbons (Fsp3) is 0.493. The highest BCUT2D eigenvalue weighted by Crippen LogP contribution is 2.45. The molecule has 9 heteroatoms. The first-order chi connectivity index (χ1) is 38.2. The van der Waals surface area contributed by atoms with Crippen molar-refractivity contribution in [3.8, 4) is 22.3 Å². The minimum Gasteiger partial charge on any atom is -0.412 e. The van der Waals surface area contributed by atoms with Crippen LogP contribution in [0.3, 0.4) is 0 Å². The minimum atomic E-state index is -1.57. The van der Waals surface area contributed by atoms with Gasteiger partial charge in [-0.3, -0.25) is 9.97 Å². The van der Waals surface area contributed by atoms with E-state index in [4.69, 9.17) is 23.6 Å².